The summed E-state index contributed by atoms with van der Waals surface area (Å²) in [4.78, 5) is 13.1. The number of carbonyl (C=O) groups excluding carboxylic acids is 1. The Hall–Kier alpha value is -1.15. The average molecular weight is 956 g/mol. The van der Waals surface area contributed by atoms with E-state index in [1.165, 1.54) is 193 Å². The van der Waals surface area contributed by atoms with Gasteiger partial charge in [-0.05, 0) is 38.5 Å². The molecule has 8 N–H and O–H groups in total. The summed E-state index contributed by atoms with van der Waals surface area (Å²) in [5.74, 6) is -0.702. The van der Waals surface area contributed by atoms with Gasteiger partial charge in [-0.25, -0.2) is 0 Å². The lowest BCUT2D eigenvalue weighted by Gasteiger charge is -2.40. The van der Waals surface area contributed by atoms with Crippen molar-refractivity contribution in [1.82, 2.24) is 5.32 Å². The molecule has 1 heterocycles. The Kier molecular flexibility index (Phi) is 43.8. The normalized spacial score (nSPS) is 20.6. The minimum atomic E-state index is -1.66. The Labute approximate surface area is 411 Å². The van der Waals surface area contributed by atoms with E-state index in [0.29, 0.717) is 12.8 Å². The summed E-state index contributed by atoms with van der Waals surface area (Å²) < 4.78 is 11.1. The second kappa shape index (κ2) is 46.0. The predicted molar refractivity (Wildman–Crippen MR) is 275 cm³/mol. The first kappa shape index (κ1) is 63.9. The van der Waals surface area contributed by atoms with Gasteiger partial charge in [-0.15, -0.1) is 0 Å². The molecule has 67 heavy (non-hydrogen) atoms. The van der Waals surface area contributed by atoms with Crippen LogP contribution in [-0.4, -0.2) is 110 Å². The first-order valence-corrected chi connectivity index (χ1v) is 28.6. The molecule has 1 aliphatic heterocycles. The van der Waals surface area contributed by atoms with Gasteiger partial charge in [0.2, 0.25) is 5.91 Å². The molecule has 0 radical (unpaired) electrons. The Morgan fingerprint density at radius 3 is 1.28 bits per heavy atom. The van der Waals surface area contributed by atoms with Crippen LogP contribution < -0.4 is 5.32 Å². The van der Waals surface area contributed by atoms with Crippen LogP contribution in [0.3, 0.4) is 0 Å². The van der Waals surface area contributed by atoms with Crippen molar-refractivity contribution in [2.45, 2.75) is 326 Å². The molecule has 1 aliphatic rings. The highest BCUT2D eigenvalue weighted by molar-refractivity contribution is 5.80. The summed E-state index contributed by atoms with van der Waals surface area (Å²) in [5, 5.41) is 76.0. The largest absolute Gasteiger partial charge is 0.394 e. The fourth-order valence-electron chi connectivity index (χ4n) is 9.39. The number of unbranched alkanes of at least 4 members (excludes halogenated alkanes) is 35. The second-order valence-electron chi connectivity index (χ2n) is 20.4. The van der Waals surface area contributed by atoms with Crippen molar-refractivity contribution in [3.63, 3.8) is 0 Å². The van der Waals surface area contributed by atoms with Gasteiger partial charge in [-0.1, -0.05) is 244 Å². The summed E-state index contributed by atoms with van der Waals surface area (Å²) in [6, 6.07) is -1.18. The Bertz CT molecular complexity index is 1100. The number of ether oxygens (including phenoxy) is 2. The lowest BCUT2D eigenvalue weighted by molar-refractivity contribution is -0.303. The maximum atomic E-state index is 13.1. The minimum absolute atomic E-state index is 0.259. The highest BCUT2D eigenvalue weighted by atomic mass is 16.7. The average Bonchev–Trinajstić information content (AvgIpc) is 3.33. The molecule has 1 amide bonds. The maximum Gasteiger partial charge on any atom is 0.249 e. The van der Waals surface area contributed by atoms with E-state index in [-0.39, 0.29) is 12.8 Å². The molecule has 0 saturated carbocycles. The molecule has 1 rings (SSSR count). The van der Waals surface area contributed by atoms with Crippen molar-refractivity contribution < 1.29 is 50.0 Å². The first-order chi connectivity index (χ1) is 32.7. The van der Waals surface area contributed by atoms with Crippen LogP contribution in [0.25, 0.3) is 0 Å². The monoisotopic (exact) mass is 956 g/mol. The highest BCUT2D eigenvalue weighted by Crippen LogP contribution is 2.23. The van der Waals surface area contributed by atoms with Crippen LogP contribution in [-0.2, 0) is 14.3 Å². The van der Waals surface area contributed by atoms with Crippen molar-refractivity contribution in [3.8, 4) is 0 Å². The SMILES string of the molecule is CCCCCCCCCCCCCCCCCCCCCC/C=C/CCCC(O)C(O)C(COC1OC(CO)C(O)C(O)C1O)NC(=O)C(O)CCCCCCCCCCCCCCCCC. The quantitative estimate of drug-likeness (QED) is 0.0215. The van der Waals surface area contributed by atoms with E-state index in [1.54, 1.807) is 0 Å². The summed E-state index contributed by atoms with van der Waals surface area (Å²) in [6.45, 7) is 3.47. The third-order valence-electron chi connectivity index (χ3n) is 14.1. The smallest absolute Gasteiger partial charge is 0.249 e. The molecular formula is C56H109NO10. The molecule has 0 bridgehead atoms. The summed E-state index contributed by atoms with van der Waals surface area (Å²) in [7, 11) is 0. The summed E-state index contributed by atoms with van der Waals surface area (Å²) in [6.07, 6.45) is 41.3. The van der Waals surface area contributed by atoms with E-state index in [2.05, 4.69) is 31.3 Å². The van der Waals surface area contributed by atoms with E-state index in [1.807, 2.05) is 0 Å². The molecule has 1 fully saturated rings. The molecule has 9 atom stereocenters. The number of carbonyl (C=O) groups is 1. The fraction of sp³-hybridized carbons (Fsp3) is 0.946. The number of hydrogen-bond donors (Lipinski definition) is 8. The van der Waals surface area contributed by atoms with Crippen LogP contribution in [0.1, 0.15) is 271 Å². The van der Waals surface area contributed by atoms with Gasteiger partial charge in [-0.3, -0.25) is 4.79 Å². The van der Waals surface area contributed by atoms with Crippen LogP contribution in [0.15, 0.2) is 12.2 Å². The number of allylic oxidation sites excluding steroid dienone is 2. The highest BCUT2D eigenvalue weighted by Gasteiger charge is 2.44. The Morgan fingerprint density at radius 1 is 0.507 bits per heavy atom. The first-order valence-electron chi connectivity index (χ1n) is 28.6. The van der Waals surface area contributed by atoms with Gasteiger partial charge >= 0.3 is 0 Å². The number of aliphatic hydroxyl groups is 7. The van der Waals surface area contributed by atoms with E-state index >= 15 is 0 Å². The van der Waals surface area contributed by atoms with Gasteiger partial charge in [0.15, 0.2) is 6.29 Å². The maximum absolute atomic E-state index is 13.1. The third-order valence-corrected chi connectivity index (χ3v) is 14.1. The van der Waals surface area contributed by atoms with E-state index in [0.717, 1.165) is 38.5 Å². The van der Waals surface area contributed by atoms with Gasteiger partial charge in [-0.2, -0.15) is 0 Å². The molecule has 0 aromatic rings. The van der Waals surface area contributed by atoms with Crippen molar-refractivity contribution in [2.75, 3.05) is 13.2 Å². The van der Waals surface area contributed by atoms with Gasteiger partial charge < -0.3 is 50.5 Å². The molecule has 0 aromatic carbocycles. The van der Waals surface area contributed by atoms with E-state index < -0.39 is 74.2 Å². The van der Waals surface area contributed by atoms with E-state index in [4.69, 9.17) is 9.47 Å². The minimum Gasteiger partial charge on any atom is -0.394 e. The van der Waals surface area contributed by atoms with Crippen molar-refractivity contribution in [2.24, 2.45) is 0 Å². The fourth-order valence-corrected chi connectivity index (χ4v) is 9.39. The number of hydrogen-bond acceptors (Lipinski definition) is 10. The molecule has 0 aliphatic carbocycles. The predicted octanol–water partition coefficient (Wildman–Crippen LogP) is 11.6. The van der Waals surface area contributed by atoms with Crippen LogP contribution in [0.2, 0.25) is 0 Å². The number of aliphatic hydroxyl groups excluding tert-OH is 7. The standard InChI is InChI=1S/C56H109NO10/c1-3-5-7-9-11-13-15-17-19-20-21-22-23-24-25-26-27-28-30-31-33-35-37-39-41-43-48(59)51(61)47(46-66-56-54(64)53(63)52(62)50(45-58)67-56)57-55(65)49(60)44-42-40-38-36-34-32-29-18-16-14-12-10-8-6-4-2/h35,37,47-54,56,58-64H,3-34,36,38-46H2,1-2H3,(H,57,65)/b37-35+. The van der Waals surface area contributed by atoms with Gasteiger partial charge in [0.1, 0.15) is 36.6 Å². The van der Waals surface area contributed by atoms with Gasteiger partial charge in [0.25, 0.3) is 0 Å². The van der Waals surface area contributed by atoms with Crippen LogP contribution in [0.5, 0.6) is 0 Å². The van der Waals surface area contributed by atoms with Gasteiger partial charge in [0.05, 0.1) is 25.4 Å². The molecule has 11 nitrogen and oxygen atoms in total. The lowest BCUT2D eigenvalue weighted by atomic mass is 9.98. The molecular weight excluding hydrogens is 847 g/mol. The number of rotatable bonds is 49. The van der Waals surface area contributed by atoms with Crippen molar-refractivity contribution in [1.29, 1.82) is 0 Å². The van der Waals surface area contributed by atoms with Gasteiger partial charge in [0, 0.05) is 0 Å². The van der Waals surface area contributed by atoms with Crippen molar-refractivity contribution in [3.05, 3.63) is 12.2 Å². The van der Waals surface area contributed by atoms with E-state index in [9.17, 15) is 40.5 Å². The zero-order valence-electron chi connectivity index (χ0n) is 43.4. The van der Waals surface area contributed by atoms with Crippen molar-refractivity contribution >= 4 is 5.91 Å². The summed E-state index contributed by atoms with van der Waals surface area (Å²) >= 11 is 0. The summed E-state index contributed by atoms with van der Waals surface area (Å²) in [5.41, 5.74) is 0. The zero-order valence-corrected chi connectivity index (χ0v) is 43.4. The Balaban J connectivity index is 2.31. The topological polar surface area (TPSA) is 189 Å². The molecule has 9 unspecified atom stereocenters. The van der Waals surface area contributed by atoms with Crippen LogP contribution >= 0.6 is 0 Å². The number of nitrogens with one attached hydrogen (secondary N) is 1. The molecule has 11 heteroatoms. The van der Waals surface area contributed by atoms with Crippen LogP contribution in [0, 0.1) is 0 Å². The number of amides is 1. The molecule has 0 aromatic heterocycles. The Morgan fingerprint density at radius 2 is 0.881 bits per heavy atom. The molecule has 0 spiro atoms. The zero-order chi connectivity index (χ0) is 49.0. The third kappa shape index (κ3) is 34.8. The molecule has 1 saturated heterocycles. The van der Waals surface area contributed by atoms with Crippen LogP contribution in [0.4, 0.5) is 0 Å². The molecule has 398 valence electrons. The lowest BCUT2D eigenvalue weighted by Crippen LogP contribution is -2.60. The second-order valence-corrected chi connectivity index (χ2v) is 20.4.